The molecule has 1 aromatic carbocycles. The lowest BCUT2D eigenvalue weighted by Gasteiger charge is -2.11. The van der Waals surface area contributed by atoms with Crippen LogP contribution in [0, 0.1) is 6.92 Å². The Balaban J connectivity index is 2.37. The first-order valence-electron chi connectivity index (χ1n) is 5.83. The molecule has 18 heavy (non-hydrogen) atoms. The summed E-state index contributed by atoms with van der Waals surface area (Å²) in [5.74, 6) is 0.754. The first-order chi connectivity index (χ1) is 8.42. The van der Waals surface area contributed by atoms with E-state index in [-0.39, 0.29) is 6.42 Å². The number of hydrogen-bond donors (Lipinski definition) is 1. The summed E-state index contributed by atoms with van der Waals surface area (Å²) in [4.78, 5) is 0. The van der Waals surface area contributed by atoms with Crippen molar-refractivity contribution in [2.24, 2.45) is 0 Å². The fourth-order valence-corrected chi connectivity index (χ4v) is 1.68. The fourth-order valence-electron chi connectivity index (χ4n) is 1.68. The van der Waals surface area contributed by atoms with Crippen molar-refractivity contribution < 1.29 is 17.9 Å². The predicted octanol–water partition coefficient (Wildman–Crippen LogP) is 3.44. The molecule has 0 aliphatic heterocycles. The van der Waals surface area contributed by atoms with Gasteiger partial charge in [0.1, 0.15) is 5.75 Å². The molecule has 0 amide bonds. The summed E-state index contributed by atoms with van der Waals surface area (Å²) in [7, 11) is 1.58. The maximum Gasteiger partial charge on any atom is 0.389 e. The van der Waals surface area contributed by atoms with Gasteiger partial charge in [-0.25, -0.2) is 0 Å². The van der Waals surface area contributed by atoms with Crippen molar-refractivity contribution in [1.29, 1.82) is 0 Å². The lowest BCUT2D eigenvalue weighted by Crippen LogP contribution is -2.18. The summed E-state index contributed by atoms with van der Waals surface area (Å²) in [6, 6.07) is 5.77. The van der Waals surface area contributed by atoms with E-state index in [0.29, 0.717) is 13.1 Å². The van der Waals surface area contributed by atoms with Crippen LogP contribution in [0.5, 0.6) is 5.75 Å². The zero-order valence-corrected chi connectivity index (χ0v) is 10.6. The monoisotopic (exact) mass is 261 g/mol. The summed E-state index contributed by atoms with van der Waals surface area (Å²) >= 11 is 0. The summed E-state index contributed by atoms with van der Waals surface area (Å²) in [5.41, 5.74) is 2.06. The van der Waals surface area contributed by atoms with Gasteiger partial charge in [0, 0.05) is 18.5 Å². The average Bonchev–Trinajstić information content (AvgIpc) is 2.27. The Hall–Kier alpha value is -1.23. The van der Waals surface area contributed by atoms with Gasteiger partial charge in [-0.3, -0.25) is 0 Å². The van der Waals surface area contributed by atoms with Crippen molar-refractivity contribution in [2.45, 2.75) is 32.5 Å². The van der Waals surface area contributed by atoms with Gasteiger partial charge < -0.3 is 10.1 Å². The first kappa shape index (κ1) is 14.8. The van der Waals surface area contributed by atoms with Gasteiger partial charge in [0.15, 0.2) is 0 Å². The smallest absolute Gasteiger partial charge is 0.389 e. The molecular weight excluding hydrogens is 243 g/mol. The molecule has 0 bridgehead atoms. The number of nitrogens with one attached hydrogen (secondary N) is 1. The van der Waals surface area contributed by atoms with Crippen molar-refractivity contribution in [3.63, 3.8) is 0 Å². The molecule has 0 heterocycles. The van der Waals surface area contributed by atoms with Crippen LogP contribution in [0.25, 0.3) is 0 Å². The Morgan fingerprint density at radius 3 is 2.61 bits per heavy atom. The first-order valence-corrected chi connectivity index (χ1v) is 5.83. The molecule has 0 saturated carbocycles. The number of benzene rings is 1. The summed E-state index contributed by atoms with van der Waals surface area (Å²) in [5, 5.41) is 3.00. The highest BCUT2D eigenvalue weighted by molar-refractivity contribution is 5.36. The highest BCUT2D eigenvalue weighted by Crippen LogP contribution is 2.21. The Kier molecular flexibility index (Phi) is 5.47. The summed E-state index contributed by atoms with van der Waals surface area (Å²) in [6.07, 6.45) is -4.72. The van der Waals surface area contributed by atoms with Gasteiger partial charge in [-0.15, -0.1) is 0 Å². The molecule has 0 radical (unpaired) electrons. The zero-order chi connectivity index (χ0) is 13.6. The average molecular weight is 261 g/mol. The van der Waals surface area contributed by atoms with Crippen molar-refractivity contribution in [3.8, 4) is 5.75 Å². The molecule has 0 unspecified atom stereocenters. The molecule has 0 atom stereocenters. The predicted molar refractivity (Wildman–Crippen MR) is 64.7 cm³/mol. The Morgan fingerprint density at radius 2 is 2.00 bits per heavy atom. The van der Waals surface area contributed by atoms with Gasteiger partial charge in [-0.05, 0) is 26.0 Å². The fraction of sp³-hybridized carbons (Fsp3) is 0.538. The van der Waals surface area contributed by atoms with Crippen LogP contribution in [0.2, 0.25) is 0 Å². The molecule has 0 spiro atoms. The van der Waals surface area contributed by atoms with Gasteiger partial charge in [-0.1, -0.05) is 17.7 Å². The SMILES string of the molecule is COc1ccc(C)cc1CNCCCC(F)(F)F. The number of ether oxygens (including phenoxy) is 1. The van der Waals surface area contributed by atoms with Crippen molar-refractivity contribution in [2.75, 3.05) is 13.7 Å². The van der Waals surface area contributed by atoms with Gasteiger partial charge in [0.25, 0.3) is 0 Å². The number of hydrogen-bond acceptors (Lipinski definition) is 2. The number of halogens is 3. The number of methoxy groups -OCH3 is 1. The highest BCUT2D eigenvalue weighted by atomic mass is 19.4. The highest BCUT2D eigenvalue weighted by Gasteiger charge is 2.25. The van der Waals surface area contributed by atoms with E-state index >= 15 is 0 Å². The largest absolute Gasteiger partial charge is 0.496 e. The van der Waals surface area contributed by atoms with Gasteiger partial charge in [0.2, 0.25) is 0 Å². The van der Waals surface area contributed by atoms with Crippen molar-refractivity contribution >= 4 is 0 Å². The molecule has 0 aromatic heterocycles. The minimum atomic E-state index is -4.07. The van der Waals surface area contributed by atoms with E-state index in [0.717, 1.165) is 16.9 Å². The minimum absolute atomic E-state index is 0.0949. The Labute approximate surface area is 105 Å². The lowest BCUT2D eigenvalue weighted by atomic mass is 10.1. The number of aryl methyl sites for hydroxylation is 1. The van der Waals surface area contributed by atoms with E-state index < -0.39 is 12.6 Å². The molecule has 2 nitrogen and oxygen atoms in total. The third-order valence-electron chi connectivity index (χ3n) is 2.57. The summed E-state index contributed by atoms with van der Waals surface area (Å²) < 4.78 is 41.0. The van der Waals surface area contributed by atoms with Crippen LogP contribution in [-0.2, 0) is 6.54 Å². The molecule has 0 aliphatic carbocycles. The van der Waals surface area contributed by atoms with Crippen LogP contribution in [-0.4, -0.2) is 19.8 Å². The quantitative estimate of drug-likeness (QED) is 0.792. The summed E-state index contributed by atoms with van der Waals surface area (Å²) in [6.45, 7) is 2.83. The molecular formula is C13H18F3NO. The molecule has 102 valence electrons. The second kappa shape index (κ2) is 6.64. The van der Waals surface area contributed by atoms with Crippen molar-refractivity contribution in [1.82, 2.24) is 5.32 Å². The third-order valence-corrected chi connectivity index (χ3v) is 2.57. The van der Waals surface area contributed by atoms with Crippen LogP contribution in [0.15, 0.2) is 18.2 Å². The topological polar surface area (TPSA) is 21.3 Å². The van der Waals surface area contributed by atoms with E-state index in [2.05, 4.69) is 5.32 Å². The Morgan fingerprint density at radius 1 is 1.28 bits per heavy atom. The molecule has 1 aromatic rings. The zero-order valence-electron chi connectivity index (χ0n) is 10.6. The van der Waals surface area contributed by atoms with Crippen LogP contribution in [0.4, 0.5) is 13.2 Å². The molecule has 5 heteroatoms. The van der Waals surface area contributed by atoms with Crippen LogP contribution in [0.1, 0.15) is 24.0 Å². The van der Waals surface area contributed by atoms with E-state index in [1.54, 1.807) is 7.11 Å². The second-order valence-electron chi connectivity index (χ2n) is 4.21. The maximum atomic E-state index is 11.9. The molecule has 0 saturated heterocycles. The molecule has 1 N–H and O–H groups in total. The van der Waals surface area contributed by atoms with E-state index in [4.69, 9.17) is 4.74 Å². The minimum Gasteiger partial charge on any atom is -0.496 e. The number of alkyl halides is 3. The number of rotatable bonds is 6. The lowest BCUT2D eigenvalue weighted by molar-refractivity contribution is -0.135. The van der Waals surface area contributed by atoms with E-state index in [1.807, 2.05) is 25.1 Å². The Bertz CT molecular complexity index is 377. The standard InChI is InChI=1S/C13H18F3NO/c1-10-4-5-12(18-2)11(8-10)9-17-7-3-6-13(14,15)16/h4-5,8,17H,3,6-7,9H2,1-2H3. The normalized spacial score (nSPS) is 11.6. The van der Waals surface area contributed by atoms with Gasteiger partial charge >= 0.3 is 6.18 Å². The van der Waals surface area contributed by atoms with Gasteiger partial charge in [0.05, 0.1) is 7.11 Å². The van der Waals surface area contributed by atoms with Crippen LogP contribution >= 0.6 is 0 Å². The molecule has 1 rings (SSSR count). The second-order valence-corrected chi connectivity index (χ2v) is 4.21. The van der Waals surface area contributed by atoms with Crippen LogP contribution in [0.3, 0.4) is 0 Å². The van der Waals surface area contributed by atoms with Crippen LogP contribution < -0.4 is 10.1 Å². The van der Waals surface area contributed by atoms with Crippen molar-refractivity contribution in [3.05, 3.63) is 29.3 Å². The maximum absolute atomic E-state index is 11.9. The third kappa shape index (κ3) is 5.40. The van der Waals surface area contributed by atoms with E-state index in [1.165, 1.54) is 0 Å². The van der Waals surface area contributed by atoms with Gasteiger partial charge in [-0.2, -0.15) is 13.2 Å². The molecule has 0 aliphatic rings. The molecule has 0 fully saturated rings. The van der Waals surface area contributed by atoms with E-state index in [9.17, 15) is 13.2 Å².